The molecule has 1 aliphatic carbocycles. The van der Waals surface area contributed by atoms with Gasteiger partial charge in [-0.05, 0) is 43.9 Å². The zero-order valence-corrected chi connectivity index (χ0v) is 10.3. The molecule has 0 unspecified atom stereocenters. The third kappa shape index (κ3) is 2.39. The quantitative estimate of drug-likeness (QED) is 0.750. The number of ketones is 1. The molecule has 17 heavy (non-hydrogen) atoms. The van der Waals surface area contributed by atoms with Crippen LogP contribution in [0.3, 0.4) is 0 Å². The van der Waals surface area contributed by atoms with Gasteiger partial charge in [-0.25, -0.2) is 4.39 Å². The first-order valence-electron chi connectivity index (χ1n) is 5.91. The van der Waals surface area contributed by atoms with Crippen LogP contribution in [-0.2, 0) is 4.74 Å². The van der Waals surface area contributed by atoms with E-state index in [1.807, 2.05) is 6.92 Å². The minimum absolute atomic E-state index is 0.0245. The highest BCUT2D eigenvalue weighted by Crippen LogP contribution is 2.39. The van der Waals surface area contributed by atoms with Crippen LogP contribution in [0.4, 0.5) is 4.39 Å². The van der Waals surface area contributed by atoms with Gasteiger partial charge < -0.3 is 4.74 Å². The molecule has 1 saturated carbocycles. The van der Waals surface area contributed by atoms with Gasteiger partial charge in [0, 0.05) is 19.1 Å². The first-order chi connectivity index (χ1) is 8.06. The fourth-order valence-corrected chi connectivity index (χ4v) is 2.31. The summed E-state index contributed by atoms with van der Waals surface area (Å²) in [6, 6.07) is 4.34. The molecule has 0 N–H and O–H groups in total. The minimum Gasteiger partial charge on any atom is -0.378 e. The van der Waals surface area contributed by atoms with Crippen molar-refractivity contribution >= 4 is 5.78 Å². The molecule has 0 spiro atoms. The third-order valence-corrected chi connectivity index (χ3v) is 3.68. The molecular weight excluding hydrogens is 219 g/mol. The number of methoxy groups -OCH3 is 1. The van der Waals surface area contributed by atoms with E-state index in [1.165, 1.54) is 12.1 Å². The van der Waals surface area contributed by atoms with Crippen molar-refractivity contribution in [3.63, 3.8) is 0 Å². The van der Waals surface area contributed by atoms with Crippen LogP contribution in [0, 0.1) is 12.7 Å². The lowest BCUT2D eigenvalue weighted by Gasteiger charge is -2.40. The van der Waals surface area contributed by atoms with E-state index >= 15 is 0 Å². The first-order valence-corrected chi connectivity index (χ1v) is 5.91. The molecule has 0 amide bonds. The normalized spacial score (nSPS) is 17.6. The van der Waals surface area contributed by atoms with Crippen LogP contribution in [0.25, 0.3) is 0 Å². The molecule has 0 atom stereocenters. The fourth-order valence-electron chi connectivity index (χ4n) is 2.31. The SMILES string of the molecule is COC1(CC(=O)c2cc(F)ccc2C)CCC1. The summed E-state index contributed by atoms with van der Waals surface area (Å²) < 4.78 is 18.6. The molecule has 3 heteroatoms. The van der Waals surface area contributed by atoms with Crippen LogP contribution in [0.5, 0.6) is 0 Å². The second-order valence-corrected chi connectivity index (χ2v) is 4.80. The third-order valence-electron chi connectivity index (χ3n) is 3.68. The zero-order chi connectivity index (χ0) is 12.5. The number of aryl methyl sites for hydroxylation is 1. The lowest BCUT2D eigenvalue weighted by Crippen LogP contribution is -2.41. The van der Waals surface area contributed by atoms with Gasteiger partial charge in [0.2, 0.25) is 0 Å². The van der Waals surface area contributed by atoms with Gasteiger partial charge >= 0.3 is 0 Å². The van der Waals surface area contributed by atoms with E-state index in [0.29, 0.717) is 12.0 Å². The van der Waals surface area contributed by atoms with Gasteiger partial charge in [0.15, 0.2) is 5.78 Å². The summed E-state index contributed by atoms with van der Waals surface area (Å²) in [5, 5.41) is 0. The van der Waals surface area contributed by atoms with E-state index in [0.717, 1.165) is 24.8 Å². The number of hydrogen-bond acceptors (Lipinski definition) is 2. The Hall–Kier alpha value is -1.22. The van der Waals surface area contributed by atoms with Crippen molar-refractivity contribution in [3.8, 4) is 0 Å². The summed E-state index contributed by atoms with van der Waals surface area (Å²) in [5.74, 6) is -0.387. The highest BCUT2D eigenvalue weighted by atomic mass is 19.1. The predicted molar refractivity (Wildman–Crippen MR) is 63.7 cm³/mol. The molecule has 0 heterocycles. The molecule has 0 aromatic heterocycles. The Morgan fingerprint density at radius 1 is 1.47 bits per heavy atom. The van der Waals surface area contributed by atoms with Crippen LogP contribution >= 0.6 is 0 Å². The Balaban J connectivity index is 2.17. The largest absolute Gasteiger partial charge is 0.378 e. The molecule has 1 aliphatic rings. The number of rotatable bonds is 4. The summed E-state index contributed by atoms with van der Waals surface area (Å²) in [6.45, 7) is 1.83. The second kappa shape index (κ2) is 4.57. The zero-order valence-electron chi connectivity index (χ0n) is 10.3. The topological polar surface area (TPSA) is 26.3 Å². The number of carbonyl (C=O) groups is 1. The lowest BCUT2D eigenvalue weighted by molar-refractivity contribution is -0.0704. The van der Waals surface area contributed by atoms with Gasteiger partial charge in [0.1, 0.15) is 5.82 Å². The average molecular weight is 236 g/mol. The molecule has 92 valence electrons. The number of carbonyl (C=O) groups excluding carboxylic acids is 1. The first kappa shape index (κ1) is 12.2. The second-order valence-electron chi connectivity index (χ2n) is 4.80. The lowest BCUT2D eigenvalue weighted by atomic mass is 9.75. The minimum atomic E-state index is -0.362. The number of Topliss-reactive ketones (excluding diaryl/α,β-unsaturated/α-hetero) is 1. The molecule has 0 radical (unpaired) electrons. The predicted octanol–water partition coefficient (Wildman–Crippen LogP) is 3.28. The van der Waals surface area contributed by atoms with E-state index in [2.05, 4.69) is 0 Å². The summed E-state index contributed by atoms with van der Waals surface area (Å²) in [4.78, 5) is 12.1. The van der Waals surface area contributed by atoms with Gasteiger partial charge in [0.05, 0.1) is 5.60 Å². The summed E-state index contributed by atoms with van der Waals surface area (Å²) >= 11 is 0. The van der Waals surface area contributed by atoms with Gasteiger partial charge in [-0.1, -0.05) is 6.07 Å². The molecule has 1 fully saturated rings. The van der Waals surface area contributed by atoms with Gasteiger partial charge in [-0.15, -0.1) is 0 Å². The highest BCUT2D eigenvalue weighted by molar-refractivity contribution is 5.98. The van der Waals surface area contributed by atoms with E-state index in [4.69, 9.17) is 4.74 Å². The van der Waals surface area contributed by atoms with Crippen molar-refractivity contribution in [1.29, 1.82) is 0 Å². The molecule has 1 aromatic rings. The van der Waals surface area contributed by atoms with E-state index < -0.39 is 0 Å². The van der Waals surface area contributed by atoms with Crippen molar-refractivity contribution in [2.45, 2.75) is 38.2 Å². The number of benzene rings is 1. The molecule has 1 aromatic carbocycles. The summed E-state index contributed by atoms with van der Waals surface area (Å²) in [6.07, 6.45) is 3.30. The molecule has 0 saturated heterocycles. The van der Waals surface area contributed by atoms with Crippen molar-refractivity contribution in [2.75, 3.05) is 7.11 Å². The number of hydrogen-bond donors (Lipinski definition) is 0. The van der Waals surface area contributed by atoms with E-state index in [-0.39, 0.29) is 17.2 Å². The Labute approximate surface area is 101 Å². The summed E-state index contributed by atoms with van der Waals surface area (Å²) in [5.41, 5.74) is 1.01. The van der Waals surface area contributed by atoms with Crippen LogP contribution in [0.2, 0.25) is 0 Å². The molecule has 0 aliphatic heterocycles. The number of halogens is 1. The van der Waals surface area contributed by atoms with Crippen LogP contribution in [0.15, 0.2) is 18.2 Å². The Morgan fingerprint density at radius 2 is 2.18 bits per heavy atom. The van der Waals surface area contributed by atoms with Crippen LogP contribution < -0.4 is 0 Å². The van der Waals surface area contributed by atoms with Gasteiger partial charge in [-0.3, -0.25) is 4.79 Å². The van der Waals surface area contributed by atoms with Crippen molar-refractivity contribution in [1.82, 2.24) is 0 Å². The maximum atomic E-state index is 13.1. The van der Waals surface area contributed by atoms with Crippen molar-refractivity contribution in [2.24, 2.45) is 0 Å². The Morgan fingerprint density at radius 3 is 2.71 bits per heavy atom. The monoisotopic (exact) mass is 236 g/mol. The molecule has 2 nitrogen and oxygen atoms in total. The summed E-state index contributed by atoms with van der Waals surface area (Å²) in [7, 11) is 1.64. The fraction of sp³-hybridized carbons (Fsp3) is 0.500. The Kier molecular flexibility index (Phi) is 3.29. The van der Waals surface area contributed by atoms with Crippen molar-refractivity contribution < 1.29 is 13.9 Å². The maximum Gasteiger partial charge on any atom is 0.166 e. The van der Waals surface area contributed by atoms with Crippen LogP contribution in [-0.4, -0.2) is 18.5 Å². The van der Waals surface area contributed by atoms with Crippen molar-refractivity contribution in [3.05, 3.63) is 35.1 Å². The Bertz CT molecular complexity index is 430. The molecule has 0 bridgehead atoms. The standard InChI is InChI=1S/C14H17FO2/c1-10-4-5-11(15)8-12(10)13(16)9-14(17-2)6-3-7-14/h4-5,8H,3,6-7,9H2,1-2H3. The number of ether oxygens (including phenoxy) is 1. The smallest absolute Gasteiger partial charge is 0.166 e. The average Bonchev–Trinajstić information content (AvgIpc) is 2.26. The molecular formula is C14H17FO2. The van der Waals surface area contributed by atoms with Gasteiger partial charge in [0.25, 0.3) is 0 Å². The molecule has 2 rings (SSSR count). The van der Waals surface area contributed by atoms with Crippen LogP contribution in [0.1, 0.15) is 41.6 Å². The highest BCUT2D eigenvalue weighted by Gasteiger charge is 2.39. The van der Waals surface area contributed by atoms with E-state index in [9.17, 15) is 9.18 Å². The van der Waals surface area contributed by atoms with Gasteiger partial charge in [-0.2, -0.15) is 0 Å². The maximum absolute atomic E-state index is 13.1. The van der Waals surface area contributed by atoms with E-state index in [1.54, 1.807) is 13.2 Å².